The highest BCUT2D eigenvalue weighted by Crippen LogP contribution is 2.31. The number of piperidine rings is 1. The van der Waals surface area contributed by atoms with Crippen molar-refractivity contribution in [2.45, 2.75) is 39.3 Å². The van der Waals surface area contributed by atoms with E-state index in [-0.39, 0.29) is 0 Å². The zero-order valence-corrected chi connectivity index (χ0v) is 12.2. The van der Waals surface area contributed by atoms with Crippen molar-refractivity contribution in [3.05, 3.63) is 22.8 Å². The van der Waals surface area contributed by atoms with Gasteiger partial charge in [0.2, 0.25) is 0 Å². The number of anilines is 1. The fourth-order valence-corrected chi connectivity index (χ4v) is 3.00. The fraction of sp³-hybridized carbons (Fsp3) is 0.643. The summed E-state index contributed by atoms with van der Waals surface area (Å²) in [6.45, 7) is 6.44. The molecule has 100 valence electrons. The Kier molecular flexibility index (Phi) is 4.46. The number of nitrogens with one attached hydrogen (secondary N) is 1. The summed E-state index contributed by atoms with van der Waals surface area (Å²) in [5, 5.41) is 3.88. The minimum Gasteiger partial charge on any atom is -0.353 e. The van der Waals surface area contributed by atoms with E-state index < -0.39 is 0 Å². The quantitative estimate of drug-likeness (QED) is 0.912. The number of aromatic nitrogens is 1. The lowest BCUT2D eigenvalue weighted by molar-refractivity contribution is 0.376. The molecule has 18 heavy (non-hydrogen) atoms. The molecule has 1 N–H and O–H groups in total. The summed E-state index contributed by atoms with van der Waals surface area (Å²) >= 11 is 6.37. The lowest BCUT2D eigenvalue weighted by atomic mass is 9.93. The standard InChI is InChI=1S/C14H22ClN3/c1-10-4-5-18(11(2)6-10)14-13(15)7-12(8-16-3)9-17-14/h7,9-11,16H,4-6,8H2,1-3H3. The number of halogens is 1. The third-order valence-electron chi connectivity index (χ3n) is 3.67. The molecule has 3 nitrogen and oxygen atoms in total. The molecular weight excluding hydrogens is 246 g/mol. The van der Waals surface area contributed by atoms with Gasteiger partial charge >= 0.3 is 0 Å². The van der Waals surface area contributed by atoms with Crippen molar-refractivity contribution in [2.24, 2.45) is 5.92 Å². The van der Waals surface area contributed by atoms with E-state index >= 15 is 0 Å². The number of hydrogen-bond donors (Lipinski definition) is 1. The molecule has 0 aliphatic carbocycles. The van der Waals surface area contributed by atoms with Crippen LogP contribution < -0.4 is 10.2 Å². The highest BCUT2D eigenvalue weighted by atomic mass is 35.5. The molecule has 0 spiro atoms. The van der Waals surface area contributed by atoms with Gasteiger partial charge in [-0.15, -0.1) is 0 Å². The fourth-order valence-electron chi connectivity index (χ4n) is 2.70. The Hall–Kier alpha value is -0.800. The van der Waals surface area contributed by atoms with Crippen molar-refractivity contribution >= 4 is 17.4 Å². The number of hydrogen-bond acceptors (Lipinski definition) is 3. The van der Waals surface area contributed by atoms with Crippen molar-refractivity contribution in [1.82, 2.24) is 10.3 Å². The van der Waals surface area contributed by atoms with Crippen molar-refractivity contribution < 1.29 is 0 Å². The molecule has 0 saturated carbocycles. The van der Waals surface area contributed by atoms with Gasteiger partial charge in [-0.1, -0.05) is 18.5 Å². The molecule has 0 radical (unpaired) electrons. The van der Waals surface area contributed by atoms with Gasteiger partial charge in [-0.3, -0.25) is 0 Å². The Morgan fingerprint density at radius 1 is 1.50 bits per heavy atom. The van der Waals surface area contributed by atoms with Crippen molar-refractivity contribution in [3.63, 3.8) is 0 Å². The van der Waals surface area contributed by atoms with Gasteiger partial charge in [0.15, 0.2) is 0 Å². The molecule has 4 heteroatoms. The predicted molar refractivity (Wildman–Crippen MR) is 77.2 cm³/mol. The van der Waals surface area contributed by atoms with E-state index in [0.29, 0.717) is 6.04 Å². The lowest BCUT2D eigenvalue weighted by Gasteiger charge is -2.37. The third-order valence-corrected chi connectivity index (χ3v) is 3.95. The molecule has 1 aliphatic rings. The van der Waals surface area contributed by atoms with Crippen LogP contribution in [0.15, 0.2) is 12.3 Å². The Labute approximate surface area is 115 Å². The molecule has 0 aromatic carbocycles. The van der Waals surface area contributed by atoms with Crippen LogP contribution in [-0.4, -0.2) is 24.6 Å². The maximum Gasteiger partial charge on any atom is 0.147 e. The highest BCUT2D eigenvalue weighted by Gasteiger charge is 2.25. The van der Waals surface area contributed by atoms with Crippen LogP contribution in [0.3, 0.4) is 0 Å². The molecule has 2 heterocycles. The van der Waals surface area contributed by atoms with Crippen molar-refractivity contribution in [3.8, 4) is 0 Å². The van der Waals surface area contributed by atoms with Crippen LogP contribution in [0.4, 0.5) is 5.82 Å². The summed E-state index contributed by atoms with van der Waals surface area (Å²) in [7, 11) is 1.93. The van der Waals surface area contributed by atoms with E-state index in [2.05, 4.69) is 29.0 Å². The number of nitrogens with zero attached hydrogens (tertiary/aromatic N) is 2. The molecule has 1 aromatic heterocycles. The summed E-state index contributed by atoms with van der Waals surface area (Å²) in [4.78, 5) is 6.89. The monoisotopic (exact) mass is 267 g/mol. The molecule has 2 unspecified atom stereocenters. The van der Waals surface area contributed by atoms with Gasteiger partial charge in [0, 0.05) is 25.3 Å². The summed E-state index contributed by atoms with van der Waals surface area (Å²) in [6.07, 6.45) is 4.36. The molecule has 0 bridgehead atoms. The SMILES string of the molecule is CNCc1cnc(N2CCC(C)CC2C)c(Cl)c1. The van der Waals surface area contributed by atoms with E-state index in [9.17, 15) is 0 Å². The van der Waals surface area contributed by atoms with Crippen LogP contribution in [0.25, 0.3) is 0 Å². The minimum atomic E-state index is 0.522. The van der Waals surface area contributed by atoms with Gasteiger partial charge in [0.25, 0.3) is 0 Å². The van der Waals surface area contributed by atoms with Gasteiger partial charge in [-0.05, 0) is 44.4 Å². The van der Waals surface area contributed by atoms with Gasteiger partial charge in [0.1, 0.15) is 5.82 Å². The van der Waals surface area contributed by atoms with E-state index in [1.807, 2.05) is 19.3 Å². The average Bonchev–Trinajstić information content (AvgIpc) is 2.31. The van der Waals surface area contributed by atoms with Gasteiger partial charge in [0.05, 0.1) is 5.02 Å². The topological polar surface area (TPSA) is 28.2 Å². The molecule has 2 atom stereocenters. The predicted octanol–water partition coefficient (Wildman–Crippen LogP) is 3.08. The lowest BCUT2D eigenvalue weighted by Crippen LogP contribution is -2.40. The first kappa shape index (κ1) is 13.6. The first-order valence-corrected chi connectivity index (χ1v) is 7.05. The molecular formula is C14H22ClN3. The average molecular weight is 268 g/mol. The van der Waals surface area contributed by atoms with E-state index in [0.717, 1.165) is 35.4 Å². The molecule has 2 rings (SSSR count). The van der Waals surface area contributed by atoms with Crippen LogP contribution in [0.2, 0.25) is 5.02 Å². The second-order valence-corrected chi connectivity index (χ2v) is 5.76. The molecule has 1 aliphatic heterocycles. The van der Waals surface area contributed by atoms with Gasteiger partial charge in [-0.2, -0.15) is 0 Å². The summed E-state index contributed by atoms with van der Waals surface area (Å²) in [5.41, 5.74) is 1.13. The molecule has 1 saturated heterocycles. The zero-order valence-electron chi connectivity index (χ0n) is 11.4. The maximum atomic E-state index is 6.37. The zero-order chi connectivity index (χ0) is 13.1. The third kappa shape index (κ3) is 2.96. The van der Waals surface area contributed by atoms with E-state index in [1.165, 1.54) is 12.8 Å². The van der Waals surface area contributed by atoms with E-state index in [4.69, 9.17) is 11.6 Å². The maximum absolute atomic E-state index is 6.37. The van der Waals surface area contributed by atoms with Gasteiger partial charge < -0.3 is 10.2 Å². The molecule has 1 fully saturated rings. The highest BCUT2D eigenvalue weighted by molar-refractivity contribution is 6.33. The van der Waals surface area contributed by atoms with Crippen LogP contribution in [0.1, 0.15) is 32.3 Å². The van der Waals surface area contributed by atoms with Crippen LogP contribution in [0, 0.1) is 5.92 Å². The van der Waals surface area contributed by atoms with Gasteiger partial charge in [-0.25, -0.2) is 4.98 Å². The van der Waals surface area contributed by atoms with Crippen molar-refractivity contribution in [2.75, 3.05) is 18.5 Å². The number of pyridine rings is 1. The van der Waals surface area contributed by atoms with Crippen LogP contribution in [0.5, 0.6) is 0 Å². The van der Waals surface area contributed by atoms with E-state index in [1.54, 1.807) is 0 Å². The summed E-state index contributed by atoms with van der Waals surface area (Å²) in [5.74, 6) is 1.74. The smallest absolute Gasteiger partial charge is 0.147 e. The molecule has 1 aromatic rings. The Morgan fingerprint density at radius 3 is 2.89 bits per heavy atom. The Balaban J connectivity index is 2.17. The second-order valence-electron chi connectivity index (χ2n) is 5.35. The number of rotatable bonds is 3. The second kappa shape index (κ2) is 5.89. The normalized spacial score (nSPS) is 24.3. The first-order chi connectivity index (χ1) is 8.61. The summed E-state index contributed by atoms with van der Waals surface area (Å²) < 4.78 is 0. The van der Waals surface area contributed by atoms with Crippen LogP contribution >= 0.6 is 11.6 Å². The Morgan fingerprint density at radius 2 is 2.28 bits per heavy atom. The van der Waals surface area contributed by atoms with Crippen molar-refractivity contribution in [1.29, 1.82) is 0 Å². The van der Waals surface area contributed by atoms with Crippen LogP contribution in [-0.2, 0) is 6.54 Å². The minimum absolute atomic E-state index is 0.522. The Bertz CT molecular complexity index is 408. The molecule has 0 amide bonds. The largest absolute Gasteiger partial charge is 0.353 e. The first-order valence-electron chi connectivity index (χ1n) is 6.67. The summed E-state index contributed by atoms with van der Waals surface area (Å²) in [6, 6.07) is 2.54.